The first-order valence-electron chi connectivity index (χ1n) is 5.04. The van der Waals surface area contributed by atoms with Crippen LogP contribution in [0.5, 0.6) is 0 Å². The van der Waals surface area contributed by atoms with E-state index in [9.17, 15) is 9.59 Å². The minimum atomic E-state index is -0.858. The topological polar surface area (TPSA) is 87.7 Å². The molecule has 0 aliphatic carbocycles. The lowest BCUT2D eigenvalue weighted by Gasteiger charge is -2.11. The molecule has 1 rings (SSSR count). The second kappa shape index (κ2) is 6.49. The Bertz CT molecular complexity index is 380. The van der Waals surface area contributed by atoms with Gasteiger partial charge in [0.1, 0.15) is 12.6 Å². The number of rotatable bonds is 4. The van der Waals surface area contributed by atoms with Crippen molar-refractivity contribution in [1.29, 1.82) is 0 Å². The molecule has 0 aliphatic rings. The summed E-state index contributed by atoms with van der Waals surface area (Å²) in [5.41, 5.74) is 2.28. The van der Waals surface area contributed by atoms with Crippen LogP contribution in [0.2, 0.25) is 0 Å². The van der Waals surface area contributed by atoms with E-state index in [1.165, 1.54) is 12.4 Å². The molecule has 92 valence electrons. The number of nitrogens with one attached hydrogen (secondary N) is 2. The zero-order valence-electron chi connectivity index (χ0n) is 9.34. The van der Waals surface area contributed by atoms with E-state index in [1.807, 2.05) is 30.3 Å². The Morgan fingerprint density at radius 3 is 2.59 bits per heavy atom. The summed E-state index contributed by atoms with van der Waals surface area (Å²) in [6, 6.07) is 8.30. The molecule has 0 bridgehead atoms. The van der Waals surface area contributed by atoms with Crippen molar-refractivity contribution in [2.24, 2.45) is 0 Å². The van der Waals surface area contributed by atoms with Crippen molar-refractivity contribution in [2.75, 3.05) is 0 Å². The third-order valence-corrected chi connectivity index (χ3v) is 2.05. The first kappa shape index (κ1) is 13.0. The van der Waals surface area contributed by atoms with Crippen molar-refractivity contribution in [1.82, 2.24) is 10.8 Å². The van der Waals surface area contributed by atoms with Gasteiger partial charge in [0.05, 0.1) is 0 Å². The number of benzene rings is 1. The lowest BCUT2D eigenvalue weighted by molar-refractivity contribution is -0.130. The maximum atomic E-state index is 11.3. The number of hydroxylamine groups is 1. The Labute approximate surface area is 98.5 Å². The molecule has 6 heteroatoms. The summed E-state index contributed by atoms with van der Waals surface area (Å²) in [6.07, 6.45) is -0.718. The van der Waals surface area contributed by atoms with Crippen LogP contribution in [-0.2, 0) is 16.1 Å². The zero-order chi connectivity index (χ0) is 12.7. The molecule has 0 spiro atoms. The summed E-state index contributed by atoms with van der Waals surface area (Å²) in [6.45, 7) is 1.55. The van der Waals surface area contributed by atoms with Gasteiger partial charge in [-0.1, -0.05) is 30.3 Å². The predicted molar refractivity (Wildman–Crippen MR) is 59.2 cm³/mol. The van der Waals surface area contributed by atoms with Gasteiger partial charge in [-0.2, -0.15) is 0 Å². The van der Waals surface area contributed by atoms with Crippen molar-refractivity contribution < 1.29 is 19.5 Å². The highest BCUT2D eigenvalue weighted by Crippen LogP contribution is 2.00. The SMILES string of the molecule is CC(NC(=O)OCc1ccccc1)C(=O)NO. The first-order valence-corrected chi connectivity index (χ1v) is 5.04. The van der Waals surface area contributed by atoms with Crippen LogP contribution in [0.4, 0.5) is 4.79 Å². The molecule has 3 N–H and O–H groups in total. The van der Waals surface area contributed by atoms with Gasteiger partial charge in [-0.3, -0.25) is 10.0 Å². The fraction of sp³-hybridized carbons (Fsp3) is 0.273. The zero-order valence-corrected chi connectivity index (χ0v) is 9.34. The van der Waals surface area contributed by atoms with E-state index in [1.54, 1.807) is 0 Å². The molecule has 2 amide bonds. The molecular formula is C11H14N2O4. The second-order valence-electron chi connectivity index (χ2n) is 3.40. The molecule has 1 atom stereocenters. The Balaban J connectivity index is 2.33. The Kier molecular flexibility index (Phi) is 4.96. The summed E-state index contributed by atoms with van der Waals surface area (Å²) in [5, 5.41) is 10.6. The van der Waals surface area contributed by atoms with Crippen LogP contribution in [0.3, 0.4) is 0 Å². The average Bonchev–Trinajstić information content (AvgIpc) is 2.36. The smallest absolute Gasteiger partial charge is 0.408 e. The fourth-order valence-electron chi connectivity index (χ4n) is 1.10. The number of hydrogen-bond acceptors (Lipinski definition) is 4. The Morgan fingerprint density at radius 1 is 1.35 bits per heavy atom. The monoisotopic (exact) mass is 238 g/mol. The quantitative estimate of drug-likeness (QED) is 0.535. The molecule has 0 aliphatic heterocycles. The van der Waals surface area contributed by atoms with Gasteiger partial charge in [0.25, 0.3) is 5.91 Å². The molecular weight excluding hydrogens is 224 g/mol. The summed E-state index contributed by atoms with van der Waals surface area (Å²) in [4.78, 5) is 22.1. The molecule has 0 radical (unpaired) electrons. The largest absolute Gasteiger partial charge is 0.445 e. The van der Waals surface area contributed by atoms with Gasteiger partial charge >= 0.3 is 6.09 Å². The third kappa shape index (κ3) is 4.52. The van der Waals surface area contributed by atoms with Crippen molar-refractivity contribution in [3.63, 3.8) is 0 Å². The molecule has 0 fully saturated rings. The van der Waals surface area contributed by atoms with Gasteiger partial charge in [-0.15, -0.1) is 0 Å². The van der Waals surface area contributed by atoms with Crippen molar-refractivity contribution >= 4 is 12.0 Å². The fourth-order valence-corrected chi connectivity index (χ4v) is 1.10. The van der Waals surface area contributed by atoms with E-state index in [-0.39, 0.29) is 6.61 Å². The average molecular weight is 238 g/mol. The van der Waals surface area contributed by atoms with Gasteiger partial charge in [0, 0.05) is 0 Å². The first-order chi connectivity index (χ1) is 8.13. The number of carbonyl (C=O) groups is 2. The highest BCUT2D eigenvalue weighted by Gasteiger charge is 2.15. The van der Waals surface area contributed by atoms with Crippen LogP contribution in [-0.4, -0.2) is 23.2 Å². The van der Waals surface area contributed by atoms with Crippen LogP contribution < -0.4 is 10.8 Å². The number of hydrogen-bond donors (Lipinski definition) is 3. The van der Waals surface area contributed by atoms with Crippen LogP contribution >= 0.6 is 0 Å². The van der Waals surface area contributed by atoms with E-state index < -0.39 is 18.0 Å². The lowest BCUT2D eigenvalue weighted by Crippen LogP contribution is -2.43. The van der Waals surface area contributed by atoms with Gasteiger partial charge < -0.3 is 10.1 Å². The van der Waals surface area contributed by atoms with Crippen molar-refractivity contribution in [3.05, 3.63) is 35.9 Å². The van der Waals surface area contributed by atoms with Gasteiger partial charge in [-0.05, 0) is 12.5 Å². The van der Waals surface area contributed by atoms with Gasteiger partial charge in [0.2, 0.25) is 0 Å². The number of amides is 2. The van der Waals surface area contributed by atoms with E-state index in [2.05, 4.69) is 5.32 Å². The molecule has 0 saturated carbocycles. The maximum Gasteiger partial charge on any atom is 0.408 e. The normalized spacial score (nSPS) is 11.4. The summed E-state index contributed by atoms with van der Waals surface area (Å²) >= 11 is 0. The van der Waals surface area contributed by atoms with E-state index in [0.29, 0.717) is 0 Å². The molecule has 17 heavy (non-hydrogen) atoms. The Hall–Kier alpha value is -2.08. The molecule has 0 saturated heterocycles. The molecule has 0 heterocycles. The van der Waals surface area contributed by atoms with Crippen LogP contribution in [0, 0.1) is 0 Å². The Morgan fingerprint density at radius 2 is 2.00 bits per heavy atom. The van der Waals surface area contributed by atoms with E-state index in [0.717, 1.165) is 5.56 Å². The number of alkyl carbamates (subject to hydrolysis) is 1. The van der Waals surface area contributed by atoms with Crippen molar-refractivity contribution in [2.45, 2.75) is 19.6 Å². The highest BCUT2D eigenvalue weighted by atomic mass is 16.5. The van der Waals surface area contributed by atoms with Crippen LogP contribution in [0.15, 0.2) is 30.3 Å². The third-order valence-electron chi connectivity index (χ3n) is 2.05. The van der Waals surface area contributed by atoms with Gasteiger partial charge in [-0.25, -0.2) is 10.3 Å². The van der Waals surface area contributed by atoms with Crippen LogP contribution in [0.1, 0.15) is 12.5 Å². The molecule has 0 aromatic heterocycles. The molecule has 6 nitrogen and oxygen atoms in total. The molecule has 1 aromatic rings. The standard InChI is InChI=1S/C11H14N2O4/c1-8(10(14)13-16)12-11(15)17-7-9-5-3-2-4-6-9/h2-6,8,16H,7H2,1H3,(H,12,15)(H,13,14). The summed E-state index contributed by atoms with van der Waals surface area (Å²) < 4.78 is 4.88. The maximum absolute atomic E-state index is 11.3. The molecule has 1 unspecified atom stereocenters. The summed E-state index contributed by atoms with van der Waals surface area (Å²) in [5.74, 6) is -0.707. The minimum absolute atomic E-state index is 0.125. The van der Waals surface area contributed by atoms with E-state index >= 15 is 0 Å². The molecule has 1 aromatic carbocycles. The summed E-state index contributed by atoms with van der Waals surface area (Å²) in [7, 11) is 0. The van der Waals surface area contributed by atoms with Crippen LogP contribution in [0.25, 0.3) is 0 Å². The van der Waals surface area contributed by atoms with Crippen molar-refractivity contribution in [3.8, 4) is 0 Å². The second-order valence-corrected chi connectivity index (χ2v) is 3.40. The minimum Gasteiger partial charge on any atom is -0.445 e. The highest BCUT2D eigenvalue weighted by molar-refractivity contribution is 5.84. The van der Waals surface area contributed by atoms with E-state index in [4.69, 9.17) is 9.94 Å². The lowest BCUT2D eigenvalue weighted by atomic mass is 10.2. The predicted octanol–water partition coefficient (Wildman–Crippen LogP) is 0.807. The van der Waals surface area contributed by atoms with Gasteiger partial charge in [0.15, 0.2) is 0 Å². The number of carbonyl (C=O) groups excluding carboxylic acids is 2. The number of ether oxygens (including phenoxy) is 1.